The van der Waals surface area contributed by atoms with Gasteiger partial charge in [-0.1, -0.05) is 6.42 Å². The Morgan fingerprint density at radius 1 is 1.11 bits per heavy atom. The SMILES string of the molecule is O=C(CCC1CN(C(=O)CCn2ccnc2)CC12CCC2)N1CCOCC1. The molecule has 2 aliphatic heterocycles. The van der Waals surface area contributed by atoms with Crippen molar-refractivity contribution in [3.8, 4) is 0 Å². The Kier molecular flexibility index (Phi) is 5.48. The van der Waals surface area contributed by atoms with Gasteiger partial charge in [-0.3, -0.25) is 9.59 Å². The van der Waals surface area contributed by atoms with E-state index in [2.05, 4.69) is 9.88 Å². The van der Waals surface area contributed by atoms with Crippen LogP contribution in [-0.2, 0) is 20.9 Å². The Morgan fingerprint density at radius 3 is 2.56 bits per heavy atom. The number of ether oxygens (including phenoxy) is 1. The first kappa shape index (κ1) is 18.5. The molecular formula is C20H30N4O3. The fourth-order valence-corrected chi connectivity index (χ4v) is 4.89. The van der Waals surface area contributed by atoms with Crippen LogP contribution in [0.1, 0.15) is 38.5 Å². The fourth-order valence-electron chi connectivity index (χ4n) is 4.89. The molecule has 7 nitrogen and oxygen atoms in total. The highest BCUT2D eigenvalue weighted by molar-refractivity contribution is 5.77. The van der Waals surface area contributed by atoms with Crippen LogP contribution in [0.3, 0.4) is 0 Å². The van der Waals surface area contributed by atoms with E-state index in [4.69, 9.17) is 4.74 Å². The van der Waals surface area contributed by atoms with E-state index in [1.807, 2.05) is 15.7 Å². The molecule has 3 aliphatic rings. The average molecular weight is 374 g/mol. The van der Waals surface area contributed by atoms with Gasteiger partial charge in [-0.15, -0.1) is 0 Å². The van der Waals surface area contributed by atoms with Gasteiger partial charge in [0.25, 0.3) is 0 Å². The Bertz CT molecular complexity index is 650. The molecule has 4 rings (SSSR count). The summed E-state index contributed by atoms with van der Waals surface area (Å²) in [7, 11) is 0. The molecule has 1 unspecified atom stereocenters. The largest absolute Gasteiger partial charge is 0.378 e. The maximum absolute atomic E-state index is 12.7. The van der Waals surface area contributed by atoms with Gasteiger partial charge in [-0.2, -0.15) is 0 Å². The zero-order valence-electron chi connectivity index (χ0n) is 16.0. The lowest BCUT2D eigenvalue weighted by molar-refractivity contribution is -0.135. The number of imidazole rings is 1. The van der Waals surface area contributed by atoms with Gasteiger partial charge in [-0.25, -0.2) is 4.98 Å². The lowest BCUT2D eigenvalue weighted by Gasteiger charge is -2.43. The Morgan fingerprint density at radius 2 is 1.89 bits per heavy atom. The summed E-state index contributed by atoms with van der Waals surface area (Å²) >= 11 is 0. The van der Waals surface area contributed by atoms with E-state index >= 15 is 0 Å². The first-order valence-corrected chi connectivity index (χ1v) is 10.3. The van der Waals surface area contributed by atoms with Gasteiger partial charge in [-0.05, 0) is 30.6 Å². The summed E-state index contributed by atoms with van der Waals surface area (Å²) in [5.74, 6) is 0.947. The molecule has 2 amide bonds. The van der Waals surface area contributed by atoms with E-state index in [-0.39, 0.29) is 17.2 Å². The molecular weight excluding hydrogens is 344 g/mol. The third kappa shape index (κ3) is 4.03. The summed E-state index contributed by atoms with van der Waals surface area (Å²) in [6.45, 7) is 5.12. The number of morpholine rings is 1. The second-order valence-corrected chi connectivity index (χ2v) is 8.27. The van der Waals surface area contributed by atoms with Gasteiger partial charge < -0.3 is 19.1 Å². The van der Waals surface area contributed by atoms with Crippen molar-refractivity contribution in [2.24, 2.45) is 11.3 Å². The van der Waals surface area contributed by atoms with E-state index < -0.39 is 0 Å². The number of likely N-dealkylation sites (tertiary alicyclic amines) is 1. The summed E-state index contributed by atoms with van der Waals surface area (Å²) in [6, 6.07) is 0. The third-order valence-corrected chi connectivity index (χ3v) is 6.73. The maximum Gasteiger partial charge on any atom is 0.224 e. The molecule has 2 saturated heterocycles. The molecule has 1 atom stereocenters. The van der Waals surface area contributed by atoms with Crippen molar-refractivity contribution < 1.29 is 14.3 Å². The number of carbonyl (C=O) groups is 2. The summed E-state index contributed by atoms with van der Waals surface area (Å²) in [5, 5.41) is 0. The minimum atomic E-state index is 0.233. The van der Waals surface area contributed by atoms with Crippen LogP contribution in [0.2, 0.25) is 0 Å². The van der Waals surface area contributed by atoms with Crippen molar-refractivity contribution in [1.82, 2.24) is 19.4 Å². The lowest BCUT2D eigenvalue weighted by atomic mass is 9.62. The highest BCUT2D eigenvalue weighted by Gasteiger charge is 2.50. The molecule has 148 valence electrons. The van der Waals surface area contributed by atoms with E-state index in [9.17, 15) is 9.59 Å². The second kappa shape index (κ2) is 8.00. The molecule has 0 radical (unpaired) electrons. The third-order valence-electron chi connectivity index (χ3n) is 6.73. The standard InChI is InChI=1S/C20H30N4O3/c25-18(23-10-12-27-13-11-23)3-2-17-14-24(15-20(17)5-1-6-20)19(26)4-8-22-9-7-21-16-22/h7,9,16-17H,1-6,8,10-15H2. The molecule has 3 heterocycles. The zero-order chi connectivity index (χ0) is 18.7. The Balaban J connectivity index is 1.29. The average Bonchev–Trinajstić information content (AvgIpc) is 3.32. The molecule has 3 fully saturated rings. The molecule has 1 saturated carbocycles. The van der Waals surface area contributed by atoms with Gasteiger partial charge >= 0.3 is 0 Å². The van der Waals surface area contributed by atoms with Crippen molar-refractivity contribution in [3.63, 3.8) is 0 Å². The predicted molar refractivity (Wildman–Crippen MR) is 99.8 cm³/mol. The van der Waals surface area contributed by atoms with Crippen molar-refractivity contribution in [1.29, 1.82) is 0 Å². The second-order valence-electron chi connectivity index (χ2n) is 8.27. The number of nitrogens with zero attached hydrogens (tertiary/aromatic N) is 4. The van der Waals surface area contributed by atoms with Crippen molar-refractivity contribution in [3.05, 3.63) is 18.7 Å². The van der Waals surface area contributed by atoms with E-state index in [1.165, 1.54) is 19.3 Å². The first-order chi connectivity index (χ1) is 13.2. The minimum Gasteiger partial charge on any atom is -0.378 e. The number of aromatic nitrogens is 2. The van der Waals surface area contributed by atoms with Crippen molar-refractivity contribution >= 4 is 11.8 Å². The van der Waals surface area contributed by atoms with Gasteiger partial charge in [0.15, 0.2) is 0 Å². The van der Waals surface area contributed by atoms with Gasteiger partial charge in [0.05, 0.1) is 19.5 Å². The van der Waals surface area contributed by atoms with Crippen molar-refractivity contribution in [2.75, 3.05) is 39.4 Å². The van der Waals surface area contributed by atoms with Crippen LogP contribution in [-0.4, -0.2) is 70.6 Å². The number of amides is 2. The van der Waals surface area contributed by atoms with E-state index in [0.717, 1.165) is 19.5 Å². The van der Waals surface area contributed by atoms with Crippen LogP contribution in [0.4, 0.5) is 0 Å². The topological polar surface area (TPSA) is 67.7 Å². The molecule has 27 heavy (non-hydrogen) atoms. The van der Waals surface area contributed by atoms with E-state index in [0.29, 0.717) is 51.6 Å². The van der Waals surface area contributed by atoms with Gasteiger partial charge in [0.2, 0.25) is 11.8 Å². The highest BCUT2D eigenvalue weighted by atomic mass is 16.5. The fraction of sp³-hybridized carbons (Fsp3) is 0.750. The van der Waals surface area contributed by atoms with Gasteiger partial charge in [0, 0.05) is 58.0 Å². The number of aryl methyl sites for hydroxylation is 1. The quantitative estimate of drug-likeness (QED) is 0.758. The molecule has 1 aromatic heterocycles. The summed E-state index contributed by atoms with van der Waals surface area (Å²) < 4.78 is 7.28. The number of rotatable bonds is 6. The normalized spacial score (nSPS) is 24.2. The number of hydrogen-bond acceptors (Lipinski definition) is 4. The Hall–Kier alpha value is -1.89. The molecule has 7 heteroatoms. The minimum absolute atomic E-state index is 0.233. The van der Waals surface area contributed by atoms with Gasteiger partial charge in [0.1, 0.15) is 0 Å². The molecule has 1 aromatic rings. The zero-order valence-corrected chi connectivity index (χ0v) is 16.0. The Labute approximate surface area is 160 Å². The molecule has 0 aromatic carbocycles. The van der Waals surface area contributed by atoms with Crippen LogP contribution in [0.15, 0.2) is 18.7 Å². The van der Waals surface area contributed by atoms with Crippen LogP contribution < -0.4 is 0 Å². The van der Waals surface area contributed by atoms with Crippen LogP contribution in [0, 0.1) is 11.3 Å². The smallest absolute Gasteiger partial charge is 0.224 e. The predicted octanol–water partition coefficient (Wildman–Crippen LogP) is 1.54. The molecule has 0 N–H and O–H groups in total. The molecule has 0 bridgehead atoms. The van der Waals surface area contributed by atoms with Crippen LogP contribution in [0.25, 0.3) is 0 Å². The molecule has 1 spiro atoms. The summed E-state index contributed by atoms with van der Waals surface area (Å²) in [5.41, 5.74) is 0.274. The maximum atomic E-state index is 12.7. The summed E-state index contributed by atoms with van der Waals surface area (Å²) in [4.78, 5) is 33.2. The number of carbonyl (C=O) groups excluding carboxylic acids is 2. The number of hydrogen-bond donors (Lipinski definition) is 0. The highest BCUT2D eigenvalue weighted by Crippen LogP contribution is 2.53. The molecule has 1 aliphatic carbocycles. The van der Waals surface area contributed by atoms with Crippen LogP contribution >= 0.6 is 0 Å². The van der Waals surface area contributed by atoms with E-state index in [1.54, 1.807) is 12.5 Å². The van der Waals surface area contributed by atoms with Crippen LogP contribution in [0.5, 0.6) is 0 Å². The first-order valence-electron chi connectivity index (χ1n) is 10.3. The lowest BCUT2D eigenvalue weighted by Crippen LogP contribution is -2.42. The monoisotopic (exact) mass is 374 g/mol. The summed E-state index contributed by atoms with van der Waals surface area (Å²) in [6.07, 6.45) is 11.1. The van der Waals surface area contributed by atoms with Crippen molar-refractivity contribution in [2.45, 2.75) is 45.1 Å².